The Balaban J connectivity index is 1.88. The quantitative estimate of drug-likeness (QED) is 0.347. The molecule has 0 unspecified atom stereocenters. The van der Waals surface area contributed by atoms with Gasteiger partial charge in [-0.2, -0.15) is 0 Å². The summed E-state index contributed by atoms with van der Waals surface area (Å²) < 4.78 is 6.02. The van der Waals surface area contributed by atoms with Crippen LogP contribution in [0.5, 0.6) is 0 Å². The largest absolute Gasteiger partial charge is 0.456 e. The minimum Gasteiger partial charge on any atom is -0.456 e. The highest BCUT2D eigenvalue weighted by molar-refractivity contribution is 6.22. The van der Waals surface area contributed by atoms with Crippen LogP contribution < -0.4 is 0 Å². The first kappa shape index (κ1) is 12.2. The van der Waals surface area contributed by atoms with Crippen molar-refractivity contribution in [1.82, 2.24) is 4.98 Å². The summed E-state index contributed by atoms with van der Waals surface area (Å²) in [7, 11) is 0. The lowest BCUT2D eigenvalue weighted by Gasteiger charge is -2.01. The maximum atomic E-state index is 6.02. The van der Waals surface area contributed by atoms with E-state index in [4.69, 9.17) is 4.42 Å². The number of benzene rings is 4. The van der Waals surface area contributed by atoms with E-state index in [1.807, 2.05) is 12.1 Å². The van der Waals surface area contributed by atoms with E-state index in [1.54, 1.807) is 0 Å². The van der Waals surface area contributed by atoms with Crippen LogP contribution in [0.2, 0.25) is 0 Å². The van der Waals surface area contributed by atoms with E-state index in [9.17, 15) is 0 Å². The van der Waals surface area contributed by atoms with E-state index >= 15 is 0 Å². The van der Waals surface area contributed by atoms with Crippen molar-refractivity contribution >= 4 is 54.5 Å². The van der Waals surface area contributed by atoms with Crippen LogP contribution in [0.4, 0.5) is 0 Å². The minimum atomic E-state index is 0.941. The van der Waals surface area contributed by atoms with Crippen molar-refractivity contribution in [3.05, 3.63) is 72.8 Å². The normalized spacial score (nSPS) is 12.2. The van der Waals surface area contributed by atoms with Gasteiger partial charge < -0.3 is 9.40 Å². The number of para-hydroxylation sites is 2. The number of aromatic amines is 1. The molecule has 1 N–H and O–H groups in total. The molecule has 6 aromatic rings. The van der Waals surface area contributed by atoms with Gasteiger partial charge in [-0.1, -0.05) is 42.5 Å². The van der Waals surface area contributed by atoms with Gasteiger partial charge in [-0.3, -0.25) is 0 Å². The molecule has 2 nitrogen and oxygen atoms in total. The Labute approximate surface area is 137 Å². The summed E-state index contributed by atoms with van der Waals surface area (Å²) in [5, 5.41) is 7.39. The molecule has 0 radical (unpaired) electrons. The zero-order valence-corrected chi connectivity index (χ0v) is 12.8. The molecule has 0 saturated carbocycles. The van der Waals surface area contributed by atoms with Crippen LogP contribution >= 0.6 is 0 Å². The van der Waals surface area contributed by atoms with E-state index in [1.165, 1.54) is 43.4 Å². The summed E-state index contributed by atoms with van der Waals surface area (Å²) in [6, 6.07) is 25.5. The van der Waals surface area contributed by atoms with E-state index < -0.39 is 0 Å². The van der Waals surface area contributed by atoms with Gasteiger partial charge in [0.05, 0.1) is 0 Å². The zero-order valence-electron chi connectivity index (χ0n) is 12.8. The van der Waals surface area contributed by atoms with Crippen molar-refractivity contribution in [2.75, 3.05) is 0 Å². The highest BCUT2D eigenvalue weighted by Crippen LogP contribution is 2.37. The van der Waals surface area contributed by atoms with Crippen LogP contribution in [0.3, 0.4) is 0 Å². The molecule has 6 rings (SSSR count). The summed E-state index contributed by atoms with van der Waals surface area (Å²) in [6.07, 6.45) is 0. The Hall–Kier alpha value is -3.26. The molecule has 0 fully saturated rings. The first-order valence-corrected chi connectivity index (χ1v) is 8.13. The molecular weight excluding hydrogens is 294 g/mol. The molecule has 0 spiro atoms. The molecule has 0 bridgehead atoms. The van der Waals surface area contributed by atoms with Crippen molar-refractivity contribution in [3.63, 3.8) is 0 Å². The van der Waals surface area contributed by atoms with Crippen molar-refractivity contribution in [3.8, 4) is 0 Å². The van der Waals surface area contributed by atoms with E-state index in [0.717, 1.165) is 11.2 Å². The summed E-state index contributed by atoms with van der Waals surface area (Å²) in [5.41, 5.74) is 4.23. The summed E-state index contributed by atoms with van der Waals surface area (Å²) in [5.74, 6) is 0. The Morgan fingerprint density at radius 1 is 0.583 bits per heavy atom. The van der Waals surface area contributed by atoms with E-state index in [-0.39, 0.29) is 0 Å². The van der Waals surface area contributed by atoms with Crippen LogP contribution in [-0.4, -0.2) is 4.98 Å². The lowest BCUT2D eigenvalue weighted by Crippen LogP contribution is -1.76. The van der Waals surface area contributed by atoms with Gasteiger partial charge >= 0.3 is 0 Å². The molecular formula is C22H13NO. The smallest absolute Gasteiger partial charge is 0.136 e. The second kappa shape index (κ2) is 4.18. The van der Waals surface area contributed by atoms with Crippen molar-refractivity contribution in [2.45, 2.75) is 0 Å². The molecule has 2 heterocycles. The van der Waals surface area contributed by atoms with Crippen LogP contribution in [0, 0.1) is 0 Å². The first-order valence-electron chi connectivity index (χ1n) is 8.13. The van der Waals surface area contributed by atoms with E-state index in [2.05, 4.69) is 65.6 Å². The molecule has 112 valence electrons. The molecule has 2 aromatic heterocycles. The van der Waals surface area contributed by atoms with Crippen molar-refractivity contribution in [2.24, 2.45) is 0 Å². The zero-order chi connectivity index (χ0) is 15.7. The molecule has 2 heteroatoms. The fourth-order valence-corrected chi connectivity index (χ4v) is 3.89. The molecule has 4 aromatic carbocycles. The predicted molar refractivity (Wildman–Crippen MR) is 101 cm³/mol. The minimum absolute atomic E-state index is 0.941. The Bertz CT molecular complexity index is 1400. The number of hydrogen-bond acceptors (Lipinski definition) is 1. The maximum Gasteiger partial charge on any atom is 0.136 e. The fourth-order valence-electron chi connectivity index (χ4n) is 3.89. The maximum absolute atomic E-state index is 6.02. The number of nitrogens with one attached hydrogen (secondary N) is 1. The Kier molecular flexibility index (Phi) is 2.12. The highest BCUT2D eigenvalue weighted by atomic mass is 16.3. The van der Waals surface area contributed by atoms with Gasteiger partial charge in [-0.25, -0.2) is 0 Å². The second-order valence-electron chi connectivity index (χ2n) is 6.33. The summed E-state index contributed by atoms with van der Waals surface area (Å²) in [6.45, 7) is 0. The Morgan fingerprint density at radius 3 is 2.38 bits per heavy atom. The molecule has 24 heavy (non-hydrogen) atoms. The summed E-state index contributed by atoms with van der Waals surface area (Å²) >= 11 is 0. The number of furan rings is 1. The second-order valence-corrected chi connectivity index (χ2v) is 6.33. The molecule has 0 saturated heterocycles. The molecule has 0 aliphatic carbocycles. The number of fused-ring (bicyclic) bond motifs is 8. The number of aromatic nitrogens is 1. The Morgan fingerprint density at radius 2 is 1.42 bits per heavy atom. The SMILES string of the molecule is c1ccc2c(c1)[nH]c1cc3c(ccc4oc5ccccc5c43)cc12. The van der Waals surface area contributed by atoms with Crippen LogP contribution in [-0.2, 0) is 0 Å². The lowest BCUT2D eigenvalue weighted by molar-refractivity contribution is 0.669. The monoisotopic (exact) mass is 307 g/mol. The lowest BCUT2D eigenvalue weighted by atomic mass is 10.0. The third-order valence-corrected chi connectivity index (χ3v) is 4.98. The topological polar surface area (TPSA) is 28.9 Å². The van der Waals surface area contributed by atoms with Gasteiger partial charge in [0, 0.05) is 32.6 Å². The third kappa shape index (κ3) is 1.45. The number of rotatable bonds is 0. The fraction of sp³-hybridized carbons (Fsp3) is 0. The molecule has 0 atom stereocenters. The van der Waals surface area contributed by atoms with Gasteiger partial charge in [0.15, 0.2) is 0 Å². The third-order valence-electron chi connectivity index (χ3n) is 4.98. The van der Waals surface area contributed by atoms with Crippen molar-refractivity contribution < 1.29 is 4.42 Å². The van der Waals surface area contributed by atoms with Gasteiger partial charge in [-0.15, -0.1) is 0 Å². The van der Waals surface area contributed by atoms with Gasteiger partial charge in [0.1, 0.15) is 11.2 Å². The molecule has 0 amide bonds. The summed E-state index contributed by atoms with van der Waals surface area (Å²) in [4.78, 5) is 3.54. The first-order chi connectivity index (χ1) is 11.9. The average Bonchev–Trinajstić information content (AvgIpc) is 3.17. The highest BCUT2D eigenvalue weighted by Gasteiger charge is 2.12. The number of hydrogen-bond donors (Lipinski definition) is 1. The standard InChI is InChI=1S/C22H13NO/c1-3-7-18-14(5-1)17-11-13-9-10-21-22(16(13)12-19(17)23-18)15-6-2-4-8-20(15)24-21/h1-12,23H. The van der Waals surface area contributed by atoms with Crippen molar-refractivity contribution in [1.29, 1.82) is 0 Å². The molecule has 0 aliphatic rings. The average molecular weight is 307 g/mol. The molecule has 0 aliphatic heterocycles. The van der Waals surface area contributed by atoms with Gasteiger partial charge in [0.2, 0.25) is 0 Å². The van der Waals surface area contributed by atoms with Gasteiger partial charge in [-0.05, 0) is 41.1 Å². The van der Waals surface area contributed by atoms with E-state index in [0.29, 0.717) is 0 Å². The van der Waals surface area contributed by atoms with Crippen LogP contribution in [0.1, 0.15) is 0 Å². The van der Waals surface area contributed by atoms with Crippen LogP contribution in [0.15, 0.2) is 77.2 Å². The number of H-pyrrole nitrogens is 1. The van der Waals surface area contributed by atoms with Gasteiger partial charge in [0.25, 0.3) is 0 Å². The van der Waals surface area contributed by atoms with Crippen LogP contribution in [0.25, 0.3) is 54.5 Å². The predicted octanol–water partition coefficient (Wildman–Crippen LogP) is 6.37.